The summed E-state index contributed by atoms with van der Waals surface area (Å²) in [6, 6.07) is -0.0278. The molecule has 1 aliphatic carbocycles. The Balaban J connectivity index is 2.77. The van der Waals surface area contributed by atoms with E-state index in [0.717, 1.165) is 5.70 Å². The molecule has 0 saturated carbocycles. The number of hydrogen-bond donors (Lipinski definition) is 2. The molecule has 0 aromatic rings. The summed E-state index contributed by atoms with van der Waals surface area (Å²) in [6.07, 6.45) is 9.28. The van der Waals surface area contributed by atoms with Gasteiger partial charge in [0.15, 0.2) is 0 Å². The largest absolute Gasteiger partial charge is 0.399 e. The highest BCUT2D eigenvalue weighted by atomic mass is 14.6. The average Bonchev–Trinajstić information content (AvgIpc) is 1.93. The summed E-state index contributed by atoms with van der Waals surface area (Å²) in [5, 5.41) is 0. The van der Waals surface area contributed by atoms with Gasteiger partial charge in [0.05, 0.1) is 0 Å². The normalized spacial score (nSPS) is 25.4. The molecule has 1 atom stereocenters. The lowest BCUT2D eigenvalue weighted by molar-refractivity contribution is 1.02. The van der Waals surface area contributed by atoms with Gasteiger partial charge >= 0.3 is 0 Å². The van der Waals surface area contributed by atoms with E-state index in [-0.39, 0.29) is 6.04 Å². The quantitative estimate of drug-likeness (QED) is 0.485. The summed E-state index contributed by atoms with van der Waals surface area (Å²) in [5.74, 6) is 0. The lowest BCUT2D eigenvalue weighted by atomic mass is 10.3. The maximum Gasteiger partial charge on any atom is 0.0436 e. The maximum atomic E-state index is 5.54. The highest BCUT2D eigenvalue weighted by Gasteiger charge is 1.93. The van der Waals surface area contributed by atoms with Crippen molar-refractivity contribution in [1.82, 2.24) is 0 Å². The van der Waals surface area contributed by atoms with Gasteiger partial charge in [0.1, 0.15) is 0 Å². The molecular formula is C7H10N2. The Morgan fingerprint density at radius 2 is 2.11 bits per heavy atom. The fourth-order valence-electron chi connectivity index (χ4n) is 0.692. The van der Waals surface area contributed by atoms with E-state index >= 15 is 0 Å². The fourth-order valence-corrected chi connectivity index (χ4v) is 0.692. The highest BCUT2D eigenvalue weighted by Crippen LogP contribution is 1.97. The van der Waals surface area contributed by atoms with Gasteiger partial charge < -0.3 is 11.5 Å². The summed E-state index contributed by atoms with van der Waals surface area (Å²) < 4.78 is 0. The van der Waals surface area contributed by atoms with Crippen molar-refractivity contribution in [2.75, 3.05) is 0 Å². The molecule has 0 aromatic carbocycles. The van der Waals surface area contributed by atoms with Crippen molar-refractivity contribution in [3.05, 3.63) is 36.1 Å². The van der Waals surface area contributed by atoms with Gasteiger partial charge in [-0.15, -0.1) is 0 Å². The predicted octanol–water partition coefficient (Wildman–Crippen LogP) is 0.282. The molecule has 0 heterocycles. The zero-order valence-corrected chi connectivity index (χ0v) is 5.12. The Bertz CT molecular complexity index is 177. The topological polar surface area (TPSA) is 52.0 Å². The molecule has 1 aliphatic rings. The summed E-state index contributed by atoms with van der Waals surface area (Å²) in [5.41, 5.74) is 11.8. The van der Waals surface area contributed by atoms with Gasteiger partial charge in [0.2, 0.25) is 0 Å². The molecule has 0 unspecified atom stereocenters. The van der Waals surface area contributed by atoms with E-state index in [2.05, 4.69) is 0 Å². The second-order valence-corrected chi connectivity index (χ2v) is 1.99. The molecule has 1 rings (SSSR count). The van der Waals surface area contributed by atoms with Crippen LogP contribution in [0.2, 0.25) is 0 Å². The van der Waals surface area contributed by atoms with Crippen LogP contribution in [-0.2, 0) is 0 Å². The van der Waals surface area contributed by atoms with Crippen molar-refractivity contribution in [1.29, 1.82) is 0 Å². The van der Waals surface area contributed by atoms with Crippen molar-refractivity contribution in [2.24, 2.45) is 11.5 Å². The average molecular weight is 122 g/mol. The second kappa shape index (κ2) is 2.51. The smallest absolute Gasteiger partial charge is 0.0436 e. The van der Waals surface area contributed by atoms with E-state index in [1.165, 1.54) is 0 Å². The highest BCUT2D eigenvalue weighted by molar-refractivity contribution is 5.27. The summed E-state index contributed by atoms with van der Waals surface area (Å²) in [7, 11) is 0. The first-order valence-electron chi connectivity index (χ1n) is 2.87. The first kappa shape index (κ1) is 6.11. The molecule has 2 heteroatoms. The number of hydrogen-bond acceptors (Lipinski definition) is 2. The van der Waals surface area contributed by atoms with Crippen LogP contribution in [0, 0.1) is 0 Å². The molecule has 0 fully saturated rings. The Kier molecular flexibility index (Phi) is 1.70. The van der Waals surface area contributed by atoms with Crippen LogP contribution >= 0.6 is 0 Å². The van der Waals surface area contributed by atoms with E-state index in [0.29, 0.717) is 0 Å². The standard InChI is InChI=1S/C7H10N2/c8-6-3-1-2-4-7(9)5-6/h1-6H,8-9H2/t6-/m0/s1. The fraction of sp³-hybridized carbons (Fsp3) is 0.143. The van der Waals surface area contributed by atoms with Gasteiger partial charge in [0.25, 0.3) is 0 Å². The van der Waals surface area contributed by atoms with Crippen molar-refractivity contribution in [3.63, 3.8) is 0 Å². The van der Waals surface area contributed by atoms with E-state index < -0.39 is 0 Å². The van der Waals surface area contributed by atoms with Crippen LogP contribution in [-0.4, -0.2) is 6.04 Å². The van der Waals surface area contributed by atoms with E-state index in [1.807, 2.05) is 24.3 Å². The van der Waals surface area contributed by atoms with Gasteiger partial charge in [-0.3, -0.25) is 0 Å². The van der Waals surface area contributed by atoms with Crippen LogP contribution in [0.25, 0.3) is 0 Å². The van der Waals surface area contributed by atoms with Crippen LogP contribution in [0.5, 0.6) is 0 Å². The molecule has 0 aliphatic heterocycles. The SMILES string of the molecule is NC1=C[C@@H](N)C=CC=C1. The summed E-state index contributed by atoms with van der Waals surface area (Å²) >= 11 is 0. The predicted molar refractivity (Wildman–Crippen MR) is 38.5 cm³/mol. The minimum absolute atomic E-state index is 0.0278. The van der Waals surface area contributed by atoms with Gasteiger partial charge in [-0.25, -0.2) is 0 Å². The summed E-state index contributed by atoms with van der Waals surface area (Å²) in [4.78, 5) is 0. The molecule has 0 aromatic heterocycles. The molecule has 0 spiro atoms. The maximum absolute atomic E-state index is 5.54. The van der Waals surface area contributed by atoms with Crippen LogP contribution in [0.1, 0.15) is 0 Å². The third-order valence-electron chi connectivity index (χ3n) is 1.12. The third kappa shape index (κ3) is 1.74. The van der Waals surface area contributed by atoms with Crippen molar-refractivity contribution >= 4 is 0 Å². The minimum Gasteiger partial charge on any atom is -0.399 e. The zero-order valence-electron chi connectivity index (χ0n) is 5.12. The van der Waals surface area contributed by atoms with Crippen molar-refractivity contribution in [3.8, 4) is 0 Å². The molecule has 0 bridgehead atoms. The molecule has 0 radical (unpaired) electrons. The Hall–Kier alpha value is -1.02. The number of allylic oxidation sites excluding steroid dienone is 3. The molecule has 0 saturated heterocycles. The first-order chi connectivity index (χ1) is 4.29. The van der Waals surface area contributed by atoms with Gasteiger partial charge in [-0.05, 0) is 12.2 Å². The third-order valence-corrected chi connectivity index (χ3v) is 1.12. The zero-order chi connectivity index (χ0) is 6.69. The lowest BCUT2D eigenvalue weighted by Gasteiger charge is -1.95. The van der Waals surface area contributed by atoms with Crippen LogP contribution in [0.3, 0.4) is 0 Å². The molecule has 2 nitrogen and oxygen atoms in total. The molecular weight excluding hydrogens is 112 g/mol. The number of nitrogens with two attached hydrogens (primary N) is 2. The van der Waals surface area contributed by atoms with Crippen LogP contribution < -0.4 is 11.5 Å². The molecule has 0 amide bonds. The molecule has 48 valence electrons. The molecule has 4 N–H and O–H groups in total. The van der Waals surface area contributed by atoms with Gasteiger partial charge in [-0.1, -0.05) is 18.2 Å². The van der Waals surface area contributed by atoms with Gasteiger partial charge in [0, 0.05) is 11.7 Å². The van der Waals surface area contributed by atoms with Gasteiger partial charge in [-0.2, -0.15) is 0 Å². The van der Waals surface area contributed by atoms with E-state index in [1.54, 1.807) is 6.08 Å². The number of rotatable bonds is 0. The second-order valence-electron chi connectivity index (χ2n) is 1.99. The lowest BCUT2D eigenvalue weighted by Crippen LogP contribution is -2.14. The molecule has 9 heavy (non-hydrogen) atoms. The van der Waals surface area contributed by atoms with Crippen LogP contribution in [0.4, 0.5) is 0 Å². The van der Waals surface area contributed by atoms with E-state index in [9.17, 15) is 0 Å². The van der Waals surface area contributed by atoms with Crippen molar-refractivity contribution in [2.45, 2.75) is 6.04 Å². The Labute approximate surface area is 54.5 Å². The first-order valence-corrected chi connectivity index (χ1v) is 2.87. The van der Waals surface area contributed by atoms with Crippen molar-refractivity contribution < 1.29 is 0 Å². The monoisotopic (exact) mass is 122 g/mol. The summed E-state index contributed by atoms with van der Waals surface area (Å²) in [6.45, 7) is 0. The Morgan fingerprint density at radius 1 is 1.33 bits per heavy atom. The minimum atomic E-state index is -0.0278. The van der Waals surface area contributed by atoms with E-state index in [4.69, 9.17) is 11.5 Å². The Morgan fingerprint density at radius 3 is 2.89 bits per heavy atom. The van der Waals surface area contributed by atoms with Crippen LogP contribution in [0.15, 0.2) is 36.1 Å².